The topological polar surface area (TPSA) is 78.4 Å². The average Bonchev–Trinajstić information content (AvgIpc) is 2.84. The summed E-state index contributed by atoms with van der Waals surface area (Å²) >= 11 is 2.05. The zero-order valence-electron chi connectivity index (χ0n) is 10.5. The number of nitrogens with two attached hydrogens (primary N) is 1. The normalized spacial score (nSPS) is 22.4. The Morgan fingerprint density at radius 2 is 2.16 bits per heavy atom. The van der Waals surface area contributed by atoms with E-state index in [9.17, 15) is 10.1 Å². The molecular formula is C13H17IN2O3. The molecule has 0 aromatic heterocycles. The van der Waals surface area contributed by atoms with Crippen LogP contribution in [0, 0.1) is 25.5 Å². The highest BCUT2D eigenvalue weighted by molar-refractivity contribution is 14.1. The van der Waals surface area contributed by atoms with Gasteiger partial charge in [-0.1, -0.05) is 6.42 Å². The van der Waals surface area contributed by atoms with E-state index in [2.05, 4.69) is 22.6 Å². The lowest BCUT2D eigenvalue weighted by atomic mass is 9.97. The molecular weight excluding hydrogens is 359 g/mol. The Morgan fingerprint density at radius 3 is 2.84 bits per heavy atom. The fraction of sp³-hybridized carbons (Fsp3) is 0.538. The summed E-state index contributed by atoms with van der Waals surface area (Å²) in [4.78, 5) is 10.6. The SMILES string of the molecule is NCC1CCCC1COc1ccc(I)cc1[N+](=O)[O-]. The molecule has 0 aliphatic heterocycles. The lowest BCUT2D eigenvalue weighted by Crippen LogP contribution is -2.23. The first kappa shape index (κ1) is 14.5. The summed E-state index contributed by atoms with van der Waals surface area (Å²) in [6, 6.07) is 5.02. The van der Waals surface area contributed by atoms with Gasteiger partial charge in [-0.15, -0.1) is 0 Å². The van der Waals surface area contributed by atoms with Gasteiger partial charge < -0.3 is 10.5 Å². The molecule has 0 saturated heterocycles. The van der Waals surface area contributed by atoms with Crippen molar-refractivity contribution in [2.24, 2.45) is 17.6 Å². The van der Waals surface area contributed by atoms with Crippen LogP contribution in [0.15, 0.2) is 18.2 Å². The molecule has 0 heterocycles. The van der Waals surface area contributed by atoms with Crippen LogP contribution >= 0.6 is 22.6 Å². The summed E-state index contributed by atoms with van der Waals surface area (Å²) in [5, 5.41) is 11.0. The van der Waals surface area contributed by atoms with Crippen molar-refractivity contribution in [3.8, 4) is 5.75 Å². The van der Waals surface area contributed by atoms with Gasteiger partial charge in [-0.2, -0.15) is 0 Å². The molecule has 1 aliphatic rings. The third kappa shape index (κ3) is 3.56. The van der Waals surface area contributed by atoms with E-state index < -0.39 is 4.92 Å². The van der Waals surface area contributed by atoms with Gasteiger partial charge in [-0.25, -0.2) is 0 Å². The van der Waals surface area contributed by atoms with Crippen molar-refractivity contribution < 1.29 is 9.66 Å². The van der Waals surface area contributed by atoms with Crippen LogP contribution in [0.2, 0.25) is 0 Å². The Kier molecular flexibility index (Phi) is 4.98. The second kappa shape index (κ2) is 6.51. The van der Waals surface area contributed by atoms with Crippen molar-refractivity contribution in [2.45, 2.75) is 19.3 Å². The number of nitro groups is 1. The van der Waals surface area contributed by atoms with Gasteiger partial charge in [0, 0.05) is 9.64 Å². The van der Waals surface area contributed by atoms with Gasteiger partial charge in [0.25, 0.3) is 0 Å². The van der Waals surface area contributed by atoms with E-state index >= 15 is 0 Å². The molecule has 0 bridgehead atoms. The van der Waals surface area contributed by atoms with Crippen molar-refractivity contribution in [2.75, 3.05) is 13.2 Å². The Morgan fingerprint density at radius 1 is 1.42 bits per heavy atom. The van der Waals surface area contributed by atoms with E-state index in [1.54, 1.807) is 6.07 Å². The molecule has 6 heteroatoms. The average molecular weight is 376 g/mol. The van der Waals surface area contributed by atoms with Crippen molar-refractivity contribution in [1.29, 1.82) is 0 Å². The van der Waals surface area contributed by atoms with E-state index in [-0.39, 0.29) is 5.69 Å². The smallest absolute Gasteiger partial charge is 0.311 e. The number of nitrogens with zero attached hydrogens (tertiary/aromatic N) is 1. The quantitative estimate of drug-likeness (QED) is 0.487. The molecule has 1 saturated carbocycles. The highest BCUT2D eigenvalue weighted by atomic mass is 127. The zero-order chi connectivity index (χ0) is 13.8. The molecule has 2 rings (SSSR count). The van der Waals surface area contributed by atoms with E-state index in [0.717, 1.165) is 16.4 Å². The zero-order valence-corrected chi connectivity index (χ0v) is 12.7. The van der Waals surface area contributed by atoms with Crippen LogP contribution in [-0.2, 0) is 0 Å². The van der Waals surface area contributed by atoms with Crippen molar-refractivity contribution in [3.05, 3.63) is 31.9 Å². The van der Waals surface area contributed by atoms with Gasteiger partial charge >= 0.3 is 5.69 Å². The minimum Gasteiger partial charge on any atom is -0.487 e. The van der Waals surface area contributed by atoms with Gasteiger partial charge in [0.05, 0.1) is 11.5 Å². The van der Waals surface area contributed by atoms with Crippen LogP contribution in [0.1, 0.15) is 19.3 Å². The lowest BCUT2D eigenvalue weighted by molar-refractivity contribution is -0.386. The predicted octanol–water partition coefficient (Wildman–Crippen LogP) is 2.95. The van der Waals surface area contributed by atoms with Crippen LogP contribution in [-0.4, -0.2) is 18.1 Å². The number of hydrogen-bond donors (Lipinski definition) is 1. The summed E-state index contributed by atoms with van der Waals surface area (Å²) in [6.07, 6.45) is 3.41. The molecule has 19 heavy (non-hydrogen) atoms. The standard InChI is InChI=1S/C13H17IN2O3/c14-11-4-5-13(12(6-11)16(17)18)19-8-10-3-1-2-9(10)7-15/h4-6,9-10H,1-3,7-8,15H2. The van der Waals surface area contributed by atoms with Crippen LogP contribution < -0.4 is 10.5 Å². The molecule has 1 fully saturated rings. The maximum absolute atomic E-state index is 11.0. The van der Waals surface area contributed by atoms with E-state index in [1.165, 1.54) is 12.5 Å². The first-order valence-corrected chi connectivity index (χ1v) is 7.46. The summed E-state index contributed by atoms with van der Waals surface area (Å²) < 4.78 is 6.50. The van der Waals surface area contributed by atoms with Crippen LogP contribution in [0.4, 0.5) is 5.69 Å². The van der Waals surface area contributed by atoms with Gasteiger partial charge in [0.1, 0.15) is 0 Å². The molecule has 2 N–H and O–H groups in total. The molecule has 0 amide bonds. The van der Waals surface area contributed by atoms with Crippen molar-refractivity contribution >= 4 is 28.3 Å². The van der Waals surface area contributed by atoms with Gasteiger partial charge in [-0.3, -0.25) is 10.1 Å². The maximum Gasteiger partial charge on any atom is 0.311 e. The largest absolute Gasteiger partial charge is 0.487 e. The molecule has 0 spiro atoms. The second-order valence-corrected chi connectivity index (χ2v) is 6.11. The van der Waals surface area contributed by atoms with Gasteiger partial charge in [0.2, 0.25) is 0 Å². The Balaban J connectivity index is 2.05. The summed E-state index contributed by atoms with van der Waals surface area (Å²) in [5.41, 5.74) is 5.76. The third-order valence-electron chi connectivity index (χ3n) is 3.69. The Labute approximate surface area is 125 Å². The molecule has 0 radical (unpaired) electrons. The molecule has 1 aliphatic carbocycles. The highest BCUT2D eigenvalue weighted by Crippen LogP contribution is 2.33. The predicted molar refractivity (Wildman–Crippen MR) is 81.2 cm³/mol. The number of rotatable bonds is 5. The van der Waals surface area contributed by atoms with Crippen LogP contribution in [0.3, 0.4) is 0 Å². The number of nitro benzene ring substituents is 1. The van der Waals surface area contributed by atoms with Crippen LogP contribution in [0.5, 0.6) is 5.75 Å². The van der Waals surface area contributed by atoms with Crippen molar-refractivity contribution in [3.63, 3.8) is 0 Å². The number of halogens is 1. The maximum atomic E-state index is 11.0. The monoisotopic (exact) mass is 376 g/mol. The number of ether oxygens (including phenoxy) is 1. The lowest BCUT2D eigenvalue weighted by Gasteiger charge is -2.18. The summed E-state index contributed by atoms with van der Waals surface area (Å²) in [6.45, 7) is 1.19. The van der Waals surface area contributed by atoms with Crippen LogP contribution in [0.25, 0.3) is 0 Å². The number of hydrogen-bond acceptors (Lipinski definition) is 4. The summed E-state index contributed by atoms with van der Waals surface area (Å²) in [5.74, 6) is 1.26. The first-order valence-electron chi connectivity index (χ1n) is 6.38. The molecule has 1 aromatic rings. The van der Waals surface area contributed by atoms with E-state index in [1.807, 2.05) is 6.07 Å². The van der Waals surface area contributed by atoms with Gasteiger partial charge in [0.15, 0.2) is 5.75 Å². The second-order valence-electron chi connectivity index (χ2n) is 4.87. The van der Waals surface area contributed by atoms with Gasteiger partial charge in [-0.05, 0) is 65.9 Å². The van der Waals surface area contributed by atoms with Crippen molar-refractivity contribution in [1.82, 2.24) is 0 Å². The number of benzene rings is 1. The Hall–Kier alpha value is -0.890. The molecule has 1 aromatic carbocycles. The van der Waals surface area contributed by atoms with E-state index in [4.69, 9.17) is 10.5 Å². The Bertz CT molecular complexity index is 467. The fourth-order valence-electron chi connectivity index (χ4n) is 2.60. The summed E-state index contributed by atoms with van der Waals surface area (Å²) in [7, 11) is 0. The highest BCUT2D eigenvalue weighted by Gasteiger charge is 2.27. The van der Waals surface area contributed by atoms with E-state index in [0.29, 0.717) is 30.7 Å². The minimum absolute atomic E-state index is 0.0363. The molecule has 2 atom stereocenters. The molecule has 2 unspecified atom stereocenters. The first-order chi connectivity index (χ1) is 9.11. The third-order valence-corrected chi connectivity index (χ3v) is 4.36. The fourth-order valence-corrected chi connectivity index (χ4v) is 3.07. The molecule has 5 nitrogen and oxygen atoms in total. The molecule has 104 valence electrons. The minimum atomic E-state index is -0.396.